The number of benzene rings is 2. The second kappa shape index (κ2) is 6.78. The van der Waals surface area contributed by atoms with Gasteiger partial charge < -0.3 is 0 Å². The molecule has 2 nitrogen and oxygen atoms in total. The molecule has 0 fully saturated rings. The van der Waals surface area contributed by atoms with Gasteiger partial charge in [-0.15, -0.1) is 0 Å². The minimum absolute atomic E-state index is 0.513. The van der Waals surface area contributed by atoms with Crippen molar-refractivity contribution in [3.05, 3.63) is 65.7 Å². The Morgan fingerprint density at radius 1 is 0.789 bits per heavy atom. The first-order valence-corrected chi connectivity index (χ1v) is 9.01. The molecular weight excluding hydrogens is 276 g/mol. The Labute approximate surface area is 118 Å². The highest BCUT2D eigenvalue weighted by Crippen LogP contribution is 2.13. The van der Waals surface area contributed by atoms with Crippen LogP contribution < -0.4 is 0 Å². The predicted octanol–water partition coefficient (Wildman–Crippen LogP) is 2.87. The molecule has 0 aliphatic rings. The van der Waals surface area contributed by atoms with E-state index < -0.39 is 21.6 Å². The Kier molecular flexibility index (Phi) is 5.05. The van der Waals surface area contributed by atoms with Gasteiger partial charge in [-0.25, -0.2) is 0 Å². The average molecular weight is 292 g/mol. The van der Waals surface area contributed by atoms with Crippen molar-refractivity contribution in [2.24, 2.45) is 0 Å². The fourth-order valence-corrected chi connectivity index (χ4v) is 3.56. The highest BCUT2D eigenvalue weighted by atomic mass is 32.2. The summed E-state index contributed by atoms with van der Waals surface area (Å²) in [5, 5.41) is 0. The second-order valence-electron chi connectivity index (χ2n) is 4.34. The normalized spacial score (nSPS) is 13.9. The third-order valence-electron chi connectivity index (χ3n) is 2.70. The van der Waals surface area contributed by atoms with Gasteiger partial charge in [0.05, 0.1) is 16.6 Å². The summed E-state index contributed by atoms with van der Waals surface area (Å²) in [4.78, 5) is 0.848. The van der Waals surface area contributed by atoms with Crippen molar-refractivity contribution in [2.45, 2.75) is 16.4 Å². The summed E-state index contributed by atoms with van der Waals surface area (Å²) in [6.07, 6.45) is 1.69. The molecule has 2 aromatic rings. The van der Waals surface area contributed by atoms with Gasteiger partial charge in [0.1, 0.15) is 0 Å². The number of rotatable bonds is 5. The molecule has 0 saturated carbocycles. The molecule has 0 N–H and O–H groups in total. The van der Waals surface area contributed by atoms with Crippen LogP contribution in [0.1, 0.15) is 11.1 Å². The van der Waals surface area contributed by atoms with Gasteiger partial charge in [0.15, 0.2) is 0 Å². The van der Waals surface area contributed by atoms with Gasteiger partial charge in [-0.1, -0.05) is 42.5 Å². The van der Waals surface area contributed by atoms with Crippen LogP contribution in [0.2, 0.25) is 0 Å². The van der Waals surface area contributed by atoms with E-state index in [-0.39, 0.29) is 0 Å². The Balaban J connectivity index is 2.04. The van der Waals surface area contributed by atoms with E-state index in [1.54, 1.807) is 6.26 Å². The van der Waals surface area contributed by atoms with Gasteiger partial charge in [0, 0.05) is 27.7 Å². The van der Waals surface area contributed by atoms with E-state index in [1.807, 2.05) is 54.6 Å². The van der Waals surface area contributed by atoms with Crippen LogP contribution in [0, 0.1) is 0 Å². The standard InChI is InChI=1S/C15H16O2S2/c1-18(16)11-13-7-9-14(10-8-13)12-19(17)15-5-3-2-4-6-15/h2-10H,11-12H2,1H3. The SMILES string of the molecule is CS(=O)Cc1ccc(CS(=O)c2ccccc2)cc1. The van der Waals surface area contributed by atoms with Crippen molar-refractivity contribution in [1.82, 2.24) is 0 Å². The zero-order valence-electron chi connectivity index (χ0n) is 10.7. The summed E-state index contributed by atoms with van der Waals surface area (Å²) in [5.41, 5.74) is 2.09. The van der Waals surface area contributed by atoms with Crippen molar-refractivity contribution >= 4 is 21.6 Å². The van der Waals surface area contributed by atoms with Crippen molar-refractivity contribution in [2.75, 3.05) is 6.26 Å². The van der Waals surface area contributed by atoms with Gasteiger partial charge >= 0.3 is 0 Å². The predicted molar refractivity (Wildman–Crippen MR) is 80.8 cm³/mol. The molecule has 0 aromatic heterocycles. The first-order chi connectivity index (χ1) is 9.15. The summed E-state index contributed by atoms with van der Waals surface area (Å²) in [6.45, 7) is 0. The fourth-order valence-electron chi connectivity index (χ4n) is 1.77. The number of hydrogen-bond acceptors (Lipinski definition) is 2. The summed E-state index contributed by atoms with van der Waals surface area (Å²) in [5.74, 6) is 1.08. The molecule has 0 bridgehead atoms. The Hall–Kier alpha value is -1.26. The quantitative estimate of drug-likeness (QED) is 0.849. The maximum absolute atomic E-state index is 12.1. The lowest BCUT2D eigenvalue weighted by atomic mass is 10.2. The molecule has 2 unspecified atom stereocenters. The van der Waals surface area contributed by atoms with Crippen molar-refractivity contribution in [1.29, 1.82) is 0 Å². The van der Waals surface area contributed by atoms with E-state index in [9.17, 15) is 8.42 Å². The Morgan fingerprint density at radius 3 is 1.84 bits per heavy atom. The molecule has 0 amide bonds. The first kappa shape index (κ1) is 14.2. The van der Waals surface area contributed by atoms with Crippen LogP contribution in [0.25, 0.3) is 0 Å². The maximum Gasteiger partial charge on any atom is 0.0574 e. The van der Waals surface area contributed by atoms with Crippen LogP contribution in [-0.2, 0) is 33.1 Å². The molecule has 0 heterocycles. The lowest BCUT2D eigenvalue weighted by Gasteiger charge is -2.04. The molecule has 100 valence electrons. The van der Waals surface area contributed by atoms with E-state index in [0.29, 0.717) is 11.5 Å². The molecule has 2 aromatic carbocycles. The summed E-state index contributed by atoms with van der Waals surface area (Å²) >= 11 is 0. The van der Waals surface area contributed by atoms with Crippen LogP contribution in [0.5, 0.6) is 0 Å². The van der Waals surface area contributed by atoms with Crippen LogP contribution in [0.15, 0.2) is 59.5 Å². The molecule has 0 spiro atoms. The zero-order valence-corrected chi connectivity index (χ0v) is 12.4. The molecule has 0 aliphatic carbocycles. The average Bonchev–Trinajstić information content (AvgIpc) is 2.41. The first-order valence-electron chi connectivity index (χ1n) is 5.96. The largest absolute Gasteiger partial charge is 0.260 e. The van der Waals surface area contributed by atoms with Gasteiger partial charge in [-0.3, -0.25) is 8.42 Å². The topological polar surface area (TPSA) is 34.1 Å². The molecule has 0 aliphatic heterocycles. The van der Waals surface area contributed by atoms with Crippen LogP contribution in [0.3, 0.4) is 0 Å². The zero-order chi connectivity index (χ0) is 13.7. The highest BCUT2D eigenvalue weighted by molar-refractivity contribution is 7.84. The minimum Gasteiger partial charge on any atom is -0.260 e. The Bertz CT molecular complexity index is 577. The maximum atomic E-state index is 12.1. The lowest BCUT2D eigenvalue weighted by Crippen LogP contribution is -1.97. The van der Waals surface area contributed by atoms with Gasteiger partial charge in [-0.2, -0.15) is 0 Å². The third kappa shape index (κ3) is 4.40. The third-order valence-corrected chi connectivity index (χ3v) is 4.83. The van der Waals surface area contributed by atoms with Crippen LogP contribution >= 0.6 is 0 Å². The van der Waals surface area contributed by atoms with E-state index in [0.717, 1.165) is 16.0 Å². The Morgan fingerprint density at radius 2 is 1.32 bits per heavy atom. The summed E-state index contributed by atoms with van der Waals surface area (Å²) in [7, 11) is -1.84. The van der Waals surface area contributed by atoms with Gasteiger partial charge in [0.2, 0.25) is 0 Å². The molecular formula is C15H16O2S2. The molecule has 2 atom stereocenters. The minimum atomic E-state index is -1.01. The van der Waals surface area contributed by atoms with E-state index in [1.165, 1.54) is 0 Å². The van der Waals surface area contributed by atoms with Crippen molar-refractivity contribution < 1.29 is 8.42 Å². The highest BCUT2D eigenvalue weighted by Gasteiger charge is 2.04. The van der Waals surface area contributed by atoms with Crippen molar-refractivity contribution in [3.8, 4) is 0 Å². The van der Waals surface area contributed by atoms with Crippen molar-refractivity contribution in [3.63, 3.8) is 0 Å². The summed E-state index contributed by atoms with van der Waals surface area (Å²) < 4.78 is 23.3. The summed E-state index contributed by atoms with van der Waals surface area (Å²) in [6, 6.07) is 17.3. The van der Waals surface area contributed by atoms with Crippen LogP contribution in [0.4, 0.5) is 0 Å². The van der Waals surface area contributed by atoms with E-state index in [2.05, 4.69) is 0 Å². The smallest absolute Gasteiger partial charge is 0.0574 e. The molecule has 0 radical (unpaired) electrons. The molecule has 4 heteroatoms. The van der Waals surface area contributed by atoms with E-state index >= 15 is 0 Å². The molecule has 2 rings (SSSR count). The monoisotopic (exact) mass is 292 g/mol. The molecule has 19 heavy (non-hydrogen) atoms. The van der Waals surface area contributed by atoms with Gasteiger partial charge in [0.25, 0.3) is 0 Å². The number of hydrogen-bond donors (Lipinski definition) is 0. The van der Waals surface area contributed by atoms with Gasteiger partial charge in [-0.05, 0) is 23.3 Å². The fraction of sp³-hybridized carbons (Fsp3) is 0.200. The molecule has 0 saturated heterocycles. The van der Waals surface area contributed by atoms with E-state index in [4.69, 9.17) is 0 Å². The second-order valence-corrected chi connectivity index (χ2v) is 7.22. The lowest BCUT2D eigenvalue weighted by molar-refractivity contribution is 0.682. The van der Waals surface area contributed by atoms with Crippen LogP contribution in [-0.4, -0.2) is 14.7 Å².